The van der Waals surface area contributed by atoms with Crippen molar-refractivity contribution < 1.29 is 17.9 Å². The normalized spacial score (nSPS) is 21.4. The van der Waals surface area contributed by atoms with Gasteiger partial charge in [0.1, 0.15) is 12.4 Å². The number of benzene rings is 1. The summed E-state index contributed by atoms with van der Waals surface area (Å²) in [7, 11) is -3.43. The van der Waals surface area contributed by atoms with Crippen LogP contribution in [0.1, 0.15) is 49.1 Å². The van der Waals surface area contributed by atoms with Crippen LogP contribution in [0.15, 0.2) is 30.3 Å². The molecule has 1 aromatic carbocycles. The largest absolute Gasteiger partial charge is 0.487 e. The quantitative estimate of drug-likeness (QED) is 0.723. The molecule has 0 spiro atoms. The van der Waals surface area contributed by atoms with Crippen molar-refractivity contribution >= 4 is 10.2 Å². The minimum Gasteiger partial charge on any atom is -0.487 e. The second-order valence-corrected chi connectivity index (χ2v) is 10.1. The van der Waals surface area contributed by atoms with Crippen molar-refractivity contribution in [3.05, 3.63) is 47.3 Å². The number of hydrogen-bond donors (Lipinski definition) is 1. The maximum Gasteiger partial charge on any atom is 0.282 e. The monoisotopic (exact) mass is 434 g/mol. The Morgan fingerprint density at radius 2 is 1.90 bits per heavy atom. The first kappa shape index (κ1) is 21.3. The van der Waals surface area contributed by atoms with Crippen LogP contribution in [-0.4, -0.2) is 66.6 Å². The fourth-order valence-corrected chi connectivity index (χ4v) is 5.53. The van der Waals surface area contributed by atoms with Gasteiger partial charge >= 0.3 is 0 Å². The van der Waals surface area contributed by atoms with Crippen LogP contribution >= 0.6 is 0 Å². The van der Waals surface area contributed by atoms with Gasteiger partial charge in [-0.2, -0.15) is 22.1 Å². The van der Waals surface area contributed by atoms with Crippen LogP contribution in [0.4, 0.5) is 0 Å². The summed E-state index contributed by atoms with van der Waals surface area (Å²) >= 11 is 0. The van der Waals surface area contributed by atoms with Gasteiger partial charge < -0.3 is 9.47 Å². The fourth-order valence-electron chi connectivity index (χ4n) is 3.89. The molecule has 164 valence electrons. The number of nitrogens with zero attached hydrogens (tertiary/aromatic N) is 3. The third-order valence-electron chi connectivity index (χ3n) is 5.78. The Morgan fingerprint density at radius 1 is 1.17 bits per heavy atom. The van der Waals surface area contributed by atoms with Gasteiger partial charge in [-0.05, 0) is 36.1 Å². The molecule has 0 bridgehead atoms. The highest BCUT2D eigenvalue weighted by molar-refractivity contribution is 7.86. The van der Waals surface area contributed by atoms with Crippen LogP contribution in [0.5, 0.6) is 5.75 Å². The lowest BCUT2D eigenvalue weighted by molar-refractivity contribution is 0.0705. The molecule has 0 radical (unpaired) electrons. The molecule has 2 aliphatic heterocycles. The van der Waals surface area contributed by atoms with Crippen molar-refractivity contribution in [1.29, 1.82) is 0 Å². The van der Waals surface area contributed by atoms with E-state index in [0.29, 0.717) is 51.9 Å². The van der Waals surface area contributed by atoms with E-state index in [0.717, 1.165) is 23.6 Å². The molecule has 3 heterocycles. The highest BCUT2D eigenvalue weighted by atomic mass is 32.2. The second-order valence-electron chi connectivity index (χ2n) is 8.19. The minimum absolute atomic E-state index is 0.0936. The van der Waals surface area contributed by atoms with Crippen molar-refractivity contribution in [2.75, 3.05) is 39.4 Å². The molecule has 4 rings (SSSR count). The van der Waals surface area contributed by atoms with E-state index >= 15 is 0 Å². The lowest BCUT2D eigenvalue weighted by atomic mass is 10.0. The third-order valence-corrected chi connectivity index (χ3v) is 7.79. The van der Waals surface area contributed by atoms with E-state index in [1.54, 1.807) is 4.31 Å². The Hall–Kier alpha value is -1.94. The molecule has 30 heavy (non-hydrogen) atoms. The summed E-state index contributed by atoms with van der Waals surface area (Å²) in [6, 6.07) is 10.1. The molecule has 2 aromatic rings. The van der Waals surface area contributed by atoms with E-state index in [2.05, 4.69) is 36.2 Å². The maximum atomic E-state index is 12.8. The van der Waals surface area contributed by atoms with E-state index in [1.807, 2.05) is 18.2 Å². The number of rotatable bonds is 7. The van der Waals surface area contributed by atoms with Gasteiger partial charge in [0, 0.05) is 32.1 Å². The zero-order valence-corrected chi connectivity index (χ0v) is 18.4. The van der Waals surface area contributed by atoms with E-state index in [9.17, 15) is 8.42 Å². The summed E-state index contributed by atoms with van der Waals surface area (Å²) in [6.07, 6.45) is 0.769. The van der Waals surface area contributed by atoms with Crippen LogP contribution in [0.25, 0.3) is 0 Å². The number of ether oxygens (including phenoxy) is 2. The molecule has 0 aliphatic carbocycles. The summed E-state index contributed by atoms with van der Waals surface area (Å²) in [4.78, 5) is 0. The zero-order valence-electron chi connectivity index (χ0n) is 17.6. The van der Waals surface area contributed by atoms with E-state index in [4.69, 9.17) is 9.47 Å². The van der Waals surface area contributed by atoms with Crippen molar-refractivity contribution in [3.63, 3.8) is 0 Å². The van der Waals surface area contributed by atoms with Crippen molar-refractivity contribution in [2.24, 2.45) is 0 Å². The van der Waals surface area contributed by atoms with Crippen LogP contribution in [0.3, 0.4) is 0 Å². The highest BCUT2D eigenvalue weighted by Crippen LogP contribution is 2.29. The number of hydrogen-bond acceptors (Lipinski definition) is 5. The van der Waals surface area contributed by atoms with Gasteiger partial charge in [0.25, 0.3) is 10.2 Å². The molecule has 9 heteroatoms. The Bertz CT molecular complexity index is 936. The van der Waals surface area contributed by atoms with Crippen LogP contribution in [-0.2, 0) is 21.6 Å². The summed E-state index contributed by atoms with van der Waals surface area (Å²) in [5, 5.41) is 7.45. The Kier molecular flexibility index (Phi) is 6.43. The molecule has 0 unspecified atom stereocenters. The van der Waals surface area contributed by atoms with E-state index in [-0.39, 0.29) is 5.92 Å². The number of nitrogens with one attached hydrogen (secondary N) is 1. The number of H-pyrrole nitrogens is 1. The fraction of sp³-hybridized carbons (Fsp3) is 0.571. The van der Waals surface area contributed by atoms with Crippen LogP contribution < -0.4 is 4.74 Å². The Morgan fingerprint density at radius 3 is 2.60 bits per heavy atom. The Balaban J connectivity index is 1.33. The SMILES string of the molecule is CC(C)c1ccc(OCc2cc([C@H]3CCN(S(=O)(=O)N4CCOCC4)C3)n[nH]2)cc1. The lowest BCUT2D eigenvalue weighted by Crippen LogP contribution is -2.47. The number of aromatic amines is 1. The van der Waals surface area contributed by atoms with Crippen molar-refractivity contribution in [1.82, 2.24) is 18.8 Å². The minimum atomic E-state index is -3.43. The first-order valence-electron chi connectivity index (χ1n) is 10.5. The van der Waals surface area contributed by atoms with Crippen molar-refractivity contribution in [2.45, 2.75) is 38.7 Å². The van der Waals surface area contributed by atoms with Gasteiger partial charge in [-0.15, -0.1) is 0 Å². The first-order chi connectivity index (χ1) is 14.4. The predicted octanol–water partition coefficient (Wildman–Crippen LogP) is 2.48. The molecule has 1 atom stereocenters. The average Bonchev–Trinajstić information content (AvgIpc) is 3.43. The van der Waals surface area contributed by atoms with E-state index in [1.165, 1.54) is 9.87 Å². The summed E-state index contributed by atoms with van der Waals surface area (Å²) < 4.78 is 39.9. The molecule has 0 saturated carbocycles. The summed E-state index contributed by atoms with van der Waals surface area (Å²) in [5.41, 5.74) is 3.06. The van der Waals surface area contributed by atoms with E-state index < -0.39 is 10.2 Å². The maximum absolute atomic E-state index is 12.8. The lowest BCUT2D eigenvalue weighted by Gasteiger charge is -2.30. The van der Waals surface area contributed by atoms with Crippen LogP contribution in [0, 0.1) is 0 Å². The second kappa shape index (κ2) is 9.05. The zero-order chi connectivity index (χ0) is 21.1. The first-order valence-corrected chi connectivity index (χ1v) is 11.9. The van der Waals surface area contributed by atoms with Gasteiger partial charge in [-0.25, -0.2) is 0 Å². The Labute approximate surface area is 178 Å². The van der Waals surface area contributed by atoms with Gasteiger partial charge in [0.2, 0.25) is 0 Å². The average molecular weight is 435 g/mol. The van der Waals surface area contributed by atoms with Gasteiger partial charge in [0.15, 0.2) is 0 Å². The summed E-state index contributed by atoms with van der Waals surface area (Å²) in [6.45, 7) is 7.47. The summed E-state index contributed by atoms with van der Waals surface area (Å²) in [5.74, 6) is 1.41. The smallest absolute Gasteiger partial charge is 0.282 e. The molecule has 0 amide bonds. The molecule has 2 saturated heterocycles. The molecular weight excluding hydrogens is 404 g/mol. The highest BCUT2D eigenvalue weighted by Gasteiger charge is 2.37. The predicted molar refractivity (Wildman–Crippen MR) is 114 cm³/mol. The van der Waals surface area contributed by atoms with Crippen molar-refractivity contribution in [3.8, 4) is 5.75 Å². The third kappa shape index (κ3) is 4.69. The van der Waals surface area contributed by atoms with Crippen LogP contribution in [0.2, 0.25) is 0 Å². The standard InChI is InChI=1S/C21H30N4O4S/c1-16(2)17-3-5-20(6-4-17)29-15-19-13-21(23-22-19)18-7-8-25(14-18)30(26,27)24-9-11-28-12-10-24/h3-6,13,16,18H,7-12,14-15H2,1-2H3,(H,22,23)/t18-/m0/s1. The number of aromatic nitrogens is 2. The number of morpholine rings is 1. The van der Waals surface area contributed by atoms with Gasteiger partial charge in [0.05, 0.1) is 24.6 Å². The molecule has 2 aliphatic rings. The molecule has 1 N–H and O–H groups in total. The molecule has 1 aromatic heterocycles. The topological polar surface area (TPSA) is 87.8 Å². The molecule has 8 nitrogen and oxygen atoms in total. The molecule has 2 fully saturated rings. The molecular formula is C21H30N4O4S. The van der Waals surface area contributed by atoms with Gasteiger partial charge in [-0.3, -0.25) is 5.10 Å². The van der Waals surface area contributed by atoms with Gasteiger partial charge in [-0.1, -0.05) is 26.0 Å².